The van der Waals surface area contributed by atoms with Crippen molar-refractivity contribution in [2.75, 3.05) is 11.9 Å². The highest BCUT2D eigenvalue weighted by molar-refractivity contribution is 14.2. The number of benzene rings is 1. The SMILES string of the molecule is CN(C(=S)SI)c1ccccc1. The van der Waals surface area contributed by atoms with Crippen LogP contribution in [0.25, 0.3) is 0 Å². The number of thiocarbonyl (C=S) groups is 1. The van der Waals surface area contributed by atoms with Crippen LogP contribution in [0, 0.1) is 0 Å². The zero-order valence-electron chi connectivity index (χ0n) is 6.53. The monoisotopic (exact) mass is 309 g/mol. The molecule has 0 spiro atoms. The molecule has 1 rings (SSSR count). The van der Waals surface area contributed by atoms with E-state index in [9.17, 15) is 0 Å². The summed E-state index contributed by atoms with van der Waals surface area (Å²) in [5.74, 6) is 0. The molecule has 0 aromatic heterocycles. The molecule has 0 aliphatic heterocycles. The molecule has 1 aromatic rings. The average Bonchev–Trinajstić information content (AvgIpc) is 2.17. The van der Waals surface area contributed by atoms with Crippen molar-refractivity contribution in [3.8, 4) is 0 Å². The molecule has 0 bridgehead atoms. The second kappa shape index (κ2) is 5.04. The summed E-state index contributed by atoms with van der Waals surface area (Å²) in [5.41, 5.74) is 1.13. The maximum absolute atomic E-state index is 5.14. The van der Waals surface area contributed by atoms with Crippen LogP contribution in [0.3, 0.4) is 0 Å². The van der Waals surface area contributed by atoms with Crippen LogP contribution in [-0.2, 0) is 0 Å². The largest absolute Gasteiger partial charge is 0.330 e. The molecule has 1 aromatic carbocycles. The van der Waals surface area contributed by atoms with Crippen molar-refractivity contribution in [3.05, 3.63) is 30.3 Å². The van der Waals surface area contributed by atoms with E-state index < -0.39 is 0 Å². The summed E-state index contributed by atoms with van der Waals surface area (Å²) < 4.78 is 0.877. The first-order valence-corrected chi connectivity index (χ1v) is 7.14. The van der Waals surface area contributed by atoms with Gasteiger partial charge in [0.1, 0.15) is 0 Å². The number of nitrogens with zero attached hydrogens (tertiary/aromatic N) is 1. The molecule has 0 aliphatic carbocycles. The quantitative estimate of drug-likeness (QED) is 0.577. The van der Waals surface area contributed by atoms with Gasteiger partial charge in [0, 0.05) is 33.9 Å². The number of hydrogen-bond acceptors (Lipinski definition) is 2. The van der Waals surface area contributed by atoms with E-state index in [0.717, 1.165) is 10.0 Å². The van der Waals surface area contributed by atoms with E-state index in [1.807, 2.05) is 42.3 Å². The first-order chi connectivity index (χ1) is 5.75. The molecule has 0 amide bonds. The molecule has 0 N–H and O–H groups in total. The van der Waals surface area contributed by atoms with Crippen LogP contribution < -0.4 is 4.90 Å². The summed E-state index contributed by atoms with van der Waals surface area (Å²) in [7, 11) is 3.53. The molecular formula is C8H8INS2. The van der Waals surface area contributed by atoms with Gasteiger partial charge in [-0.1, -0.05) is 30.4 Å². The van der Waals surface area contributed by atoms with Gasteiger partial charge in [0.15, 0.2) is 4.32 Å². The maximum atomic E-state index is 5.14. The third-order valence-electron chi connectivity index (χ3n) is 1.48. The Morgan fingerprint density at radius 3 is 2.50 bits per heavy atom. The lowest BCUT2D eigenvalue weighted by atomic mass is 10.3. The highest BCUT2D eigenvalue weighted by Crippen LogP contribution is 2.21. The van der Waals surface area contributed by atoms with Gasteiger partial charge >= 0.3 is 0 Å². The van der Waals surface area contributed by atoms with E-state index >= 15 is 0 Å². The molecule has 0 aliphatic rings. The predicted octanol–water partition coefficient (Wildman–Crippen LogP) is 3.49. The molecule has 4 heteroatoms. The van der Waals surface area contributed by atoms with Crippen molar-refractivity contribution >= 4 is 52.4 Å². The van der Waals surface area contributed by atoms with Crippen LogP contribution in [0.1, 0.15) is 0 Å². The Bertz CT molecular complexity index is 263. The summed E-state index contributed by atoms with van der Waals surface area (Å²) in [4.78, 5) is 1.99. The molecule has 0 atom stereocenters. The van der Waals surface area contributed by atoms with Crippen molar-refractivity contribution in [2.24, 2.45) is 0 Å². The second-order valence-corrected chi connectivity index (χ2v) is 4.74. The Balaban J connectivity index is 2.78. The highest BCUT2D eigenvalue weighted by Gasteiger charge is 2.04. The zero-order chi connectivity index (χ0) is 8.97. The Labute approximate surface area is 94.1 Å². The Morgan fingerprint density at radius 2 is 2.00 bits per heavy atom. The smallest absolute Gasteiger partial charge is 0.150 e. The molecule has 0 saturated carbocycles. The summed E-state index contributed by atoms with van der Waals surface area (Å²) in [5, 5.41) is 0. The van der Waals surface area contributed by atoms with Gasteiger partial charge in [-0.15, -0.1) is 0 Å². The summed E-state index contributed by atoms with van der Waals surface area (Å²) in [6.07, 6.45) is 0. The molecule has 1 nitrogen and oxygen atoms in total. The topological polar surface area (TPSA) is 3.24 Å². The van der Waals surface area contributed by atoms with Gasteiger partial charge in [-0.25, -0.2) is 0 Å². The molecule has 0 fully saturated rings. The maximum Gasteiger partial charge on any atom is 0.150 e. The Hall–Kier alpha value is 0.190. The number of anilines is 1. The molecule has 0 saturated heterocycles. The fourth-order valence-corrected chi connectivity index (χ4v) is 2.01. The first-order valence-electron chi connectivity index (χ1n) is 3.37. The molecule has 64 valence electrons. The van der Waals surface area contributed by atoms with Crippen molar-refractivity contribution in [1.29, 1.82) is 0 Å². The highest BCUT2D eigenvalue weighted by atomic mass is 127. The van der Waals surface area contributed by atoms with Crippen molar-refractivity contribution in [1.82, 2.24) is 0 Å². The molecule has 0 radical (unpaired) electrons. The molecule has 12 heavy (non-hydrogen) atoms. The van der Waals surface area contributed by atoms with Gasteiger partial charge in [-0.2, -0.15) is 0 Å². The lowest BCUT2D eigenvalue weighted by Gasteiger charge is -2.17. The van der Waals surface area contributed by atoms with Crippen LogP contribution in [0.15, 0.2) is 30.3 Å². The third kappa shape index (κ3) is 2.60. The van der Waals surface area contributed by atoms with Crippen LogP contribution >= 0.6 is 42.4 Å². The van der Waals surface area contributed by atoms with Gasteiger partial charge in [0.05, 0.1) is 0 Å². The molecule has 0 heterocycles. The van der Waals surface area contributed by atoms with Crippen LogP contribution in [0.2, 0.25) is 0 Å². The van der Waals surface area contributed by atoms with E-state index in [1.54, 1.807) is 8.93 Å². The van der Waals surface area contributed by atoms with E-state index in [0.29, 0.717) is 0 Å². The lowest BCUT2D eigenvalue weighted by Crippen LogP contribution is -2.19. The third-order valence-corrected chi connectivity index (χ3v) is 4.56. The lowest BCUT2D eigenvalue weighted by molar-refractivity contribution is 1.31. The van der Waals surface area contributed by atoms with Gasteiger partial charge < -0.3 is 4.90 Å². The molecule has 0 unspecified atom stereocenters. The minimum Gasteiger partial charge on any atom is -0.330 e. The Kier molecular flexibility index (Phi) is 4.31. The van der Waals surface area contributed by atoms with Gasteiger partial charge in [0.2, 0.25) is 0 Å². The minimum absolute atomic E-state index is 0.877. The number of rotatable bonds is 1. The fourth-order valence-electron chi connectivity index (χ4n) is 0.809. The molecular weight excluding hydrogens is 301 g/mol. The minimum atomic E-state index is 0.877. The predicted molar refractivity (Wildman–Crippen MR) is 69.1 cm³/mol. The van der Waals surface area contributed by atoms with E-state index in [-0.39, 0.29) is 0 Å². The first kappa shape index (κ1) is 10.3. The average molecular weight is 309 g/mol. The van der Waals surface area contributed by atoms with Gasteiger partial charge in [-0.05, 0) is 21.1 Å². The zero-order valence-corrected chi connectivity index (χ0v) is 10.3. The number of hydrogen-bond donors (Lipinski definition) is 0. The van der Waals surface area contributed by atoms with Crippen molar-refractivity contribution in [2.45, 2.75) is 0 Å². The summed E-state index contributed by atoms with van der Waals surface area (Å²) in [6.45, 7) is 0. The Morgan fingerprint density at radius 1 is 1.42 bits per heavy atom. The second-order valence-electron chi connectivity index (χ2n) is 2.24. The van der Waals surface area contributed by atoms with Crippen LogP contribution in [-0.4, -0.2) is 11.4 Å². The van der Waals surface area contributed by atoms with Crippen LogP contribution in [0.4, 0.5) is 5.69 Å². The van der Waals surface area contributed by atoms with Gasteiger partial charge in [-0.3, -0.25) is 0 Å². The van der Waals surface area contributed by atoms with E-state index in [2.05, 4.69) is 21.2 Å². The fraction of sp³-hybridized carbons (Fsp3) is 0.125. The normalized spacial score (nSPS) is 9.50. The standard InChI is InChI=1S/C8H8INS2/c1-10(8(11)12-9)7-5-3-2-4-6-7/h2-6H,1H3. The van der Waals surface area contributed by atoms with E-state index in [4.69, 9.17) is 12.2 Å². The number of halogens is 1. The van der Waals surface area contributed by atoms with E-state index in [1.165, 1.54) is 0 Å². The van der Waals surface area contributed by atoms with Crippen molar-refractivity contribution in [3.63, 3.8) is 0 Å². The van der Waals surface area contributed by atoms with Crippen molar-refractivity contribution < 1.29 is 0 Å². The number of para-hydroxylation sites is 1. The summed E-state index contributed by atoms with van der Waals surface area (Å²) >= 11 is 7.33. The van der Waals surface area contributed by atoms with Crippen LogP contribution in [0.5, 0.6) is 0 Å². The van der Waals surface area contributed by atoms with Gasteiger partial charge in [0.25, 0.3) is 0 Å². The summed E-state index contributed by atoms with van der Waals surface area (Å²) in [6, 6.07) is 10.1.